The first-order valence-electron chi connectivity index (χ1n) is 9.61. The largest absolute Gasteiger partial charge is 0.354 e. The minimum Gasteiger partial charge on any atom is -0.354 e. The molecule has 2 aromatic rings. The number of amides is 2. The van der Waals surface area contributed by atoms with E-state index in [1.54, 1.807) is 24.3 Å². The molecule has 0 saturated carbocycles. The molecular weight excluding hydrogens is 376 g/mol. The van der Waals surface area contributed by atoms with Gasteiger partial charge in [0.2, 0.25) is 5.91 Å². The number of hydrogen-bond acceptors (Lipinski definition) is 3. The molecule has 0 spiro atoms. The van der Waals surface area contributed by atoms with E-state index in [9.17, 15) is 9.59 Å². The molecule has 1 aromatic heterocycles. The van der Waals surface area contributed by atoms with Crippen LogP contribution in [0.5, 0.6) is 0 Å². The number of rotatable bonds is 9. The predicted octanol–water partition coefficient (Wildman–Crippen LogP) is 3.50. The smallest absolute Gasteiger partial charge is 0.251 e. The van der Waals surface area contributed by atoms with E-state index < -0.39 is 6.04 Å². The van der Waals surface area contributed by atoms with Gasteiger partial charge in [0, 0.05) is 29.4 Å². The van der Waals surface area contributed by atoms with Gasteiger partial charge in [0.15, 0.2) is 0 Å². The molecule has 1 unspecified atom stereocenters. The van der Waals surface area contributed by atoms with Crippen molar-refractivity contribution in [3.05, 3.63) is 52.3 Å². The molecule has 2 rings (SSSR count). The van der Waals surface area contributed by atoms with Gasteiger partial charge >= 0.3 is 0 Å². The minimum atomic E-state index is -0.572. The summed E-state index contributed by atoms with van der Waals surface area (Å²) >= 11 is 5.87. The Hall–Kier alpha value is -2.34. The third-order valence-corrected chi connectivity index (χ3v) is 4.64. The van der Waals surface area contributed by atoms with Gasteiger partial charge in [-0.05, 0) is 62.9 Å². The van der Waals surface area contributed by atoms with Crippen LogP contribution >= 0.6 is 11.6 Å². The zero-order valence-corrected chi connectivity index (χ0v) is 17.7. The van der Waals surface area contributed by atoms with Crippen LogP contribution in [0.4, 0.5) is 0 Å². The predicted molar refractivity (Wildman–Crippen MR) is 111 cm³/mol. The van der Waals surface area contributed by atoms with E-state index in [-0.39, 0.29) is 17.7 Å². The summed E-state index contributed by atoms with van der Waals surface area (Å²) in [6.07, 6.45) is 1.34. The summed E-state index contributed by atoms with van der Waals surface area (Å²) in [4.78, 5) is 25.1. The molecule has 1 aromatic carbocycles. The Kier molecular flexibility index (Phi) is 8.05. The van der Waals surface area contributed by atoms with Crippen molar-refractivity contribution in [1.82, 2.24) is 20.4 Å². The summed E-state index contributed by atoms with van der Waals surface area (Å²) in [7, 11) is 0. The highest BCUT2D eigenvalue weighted by Crippen LogP contribution is 2.11. The summed E-state index contributed by atoms with van der Waals surface area (Å²) in [6.45, 7) is 9.30. The van der Waals surface area contributed by atoms with E-state index in [2.05, 4.69) is 15.7 Å². The Balaban J connectivity index is 1.88. The first-order valence-corrected chi connectivity index (χ1v) is 9.99. The van der Waals surface area contributed by atoms with Crippen molar-refractivity contribution < 1.29 is 9.59 Å². The molecule has 28 heavy (non-hydrogen) atoms. The lowest BCUT2D eigenvalue weighted by molar-refractivity contribution is -0.123. The fourth-order valence-corrected chi connectivity index (χ4v) is 3.14. The molecule has 7 heteroatoms. The zero-order chi connectivity index (χ0) is 20.7. The number of aryl methyl sites for hydroxylation is 3. The highest BCUT2D eigenvalue weighted by molar-refractivity contribution is 6.30. The van der Waals surface area contributed by atoms with E-state index in [0.717, 1.165) is 24.4 Å². The monoisotopic (exact) mass is 404 g/mol. The summed E-state index contributed by atoms with van der Waals surface area (Å²) in [5.41, 5.74) is 2.58. The van der Waals surface area contributed by atoms with Gasteiger partial charge in [-0.15, -0.1) is 0 Å². The maximum atomic E-state index is 12.6. The summed E-state index contributed by atoms with van der Waals surface area (Å²) in [6, 6.07) is 8.08. The Labute approximate surface area is 171 Å². The number of benzene rings is 1. The van der Waals surface area contributed by atoms with Crippen LogP contribution in [0.25, 0.3) is 0 Å². The van der Waals surface area contributed by atoms with Crippen molar-refractivity contribution in [2.45, 2.75) is 53.1 Å². The fourth-order valence-electron chi connectivity index (χ4n) is 3.01. The van der Waals surface area contributed by atoms with E-state index in [0.29, 0.717) is 23.6 Å². The Bertz CT molecular complexity index is 799. The topological polar surface area (TPSA) is 76.0 Å². The highest BCUT2D eigenvalue weighted by atomic mass is 35.5. The lowest BCUT2D eigenvalue weighted by atomic mass is 10.0. The van der Waals surface area contributed by atoms with Gasteiger partial charge in [0.1, 0.15) is 6.04 Å². The van der Waals surface area contributed by atoms with Crippen LogP contribution in [0.3, 0.4) is 0 Å². The van der Waals surface area contributed by atoms with E-state index in [1.165, 1.54) is 0 Å². The van der Waals surface area contributed by atoms with Crippen molar-refractivity contribution in [2.24, 2.45) is 5.92 Å². The number of nitrogens with zero attached hydrogens (tertiary/aromatic N) is 2. The van der Waals surface area contributed by atoms with Gasteiger partial charge in [-0.2, -0.15) is 5.10 Å². The van der Waals surface area contributed by atoms with Crippen molar-refractivity contribution in [3.8, 4) is 0 Å². The number of aromatic nitrogens is 2. The number of carbonyl (C=O) groups excluding carboxylic acids is 2. The van der Waals surface area contributed by atoms with Gasteiger partial charge in [0.25, 0.3) is 5.91 Å². The van der Waals surface area contributed by atoms with Gasteiger partial charge in [-0.1, -0.05) is 25.4 Å². The van der Waals surface area contributed by atoms with E-state index in [1.807, 2.05) is 38.4 Å². The molecule has 0 aliphatic heterocycles. The second-order valence-corrected chi connectivity index (χ2v) is 7.89. The average molecular weight is 405 g/mol. The molecule has 1 heterocycles. The zero-order valence-electron chi connectivity index (χ0n) is 17.0. The Morgan fingerprint density at radius 1 is 1.18 bits per heavy atom. The molecule has 0 aliphatic carbocycles. The molecule has 2 amide bonds. The van der Waals surface area contributed by atoms with Crippen molar-refractivity contribution in [2.75, 3.05) is 6.54 Å². The van der Waals surface area contributed by atoms with Crippen LogP contribution in [0, 0.1) is 19.8 Å². The molecule has 6 nitrogen and oxygen atoms in total. The summed E-state index contributed by atoms with van der Waals surface area (Å²) in [5, 5.41) is 10.8. The number of carbonyl (C=O) groups is 2. The van der Waals surface area contributed by atoms with Gasteiger partial charge in [-0.3, -0.25) is 14.3 Å². The van der Waals surface area contributed by atoms with Crippen LogP contribution in [-0.2, 0) is 11.3 Å². The second kappa shape index (κ2) is 10.3. The molecule has 2 N–H and O–H groups in total. The highest BCUT2D eigenvalue weighted by Gasteiger charge is 2.22. The quantitative estimate of drug-likeness (QED) is 0.628. The van der Waals surface area contributed by atoms with E-state index >= 15 is 0 Å². The van der Waals surface area contributed by atoms with Crippen molar-refractivity contribution >= 4 is 23.4 Å². The van der Waals surface area contributed by atoms with Crippen LogP contribution < -0.4 is 10.6 Å². The van der Waals surface area contributed by atoms with E-state index in [4.69, 9.17) is 11.6 Å². The van der Waals surface area contributed by atoms with Gasteiger partial charge < -0.3 is 10.6 Å². The van der Waals surface area contributed by atoms with Gasteiger partial charge in [0.05, 0.1) is 5.69 Å². The maximum Gasteiger partial charge on any atom is 0.251 e. The first kappa shape index (κ1) is 22.0. The van der Waals surface area contributed by atoms with Crippen molar-refractivity contribution in [1.29, 1.82) is 0 Å². The SMILES string of the molecule is Cc1cc(C)n(CCCNC(=O)C(CC(C)C)NC(=O)c2ccc(Cl)cc2)n1. The summed E-state index contributed by atoms with van der Waals surface area (Å²) < 4.78 is 1.94. The normalized spacial score (nSPS) is 12.1. The standard InChI is InChI=1S/C21H29ClN4O2/c1-14(2)12-19(24-20(27)17-6-8-18(22)9-7-17)21(28)23-10-5-11-26-16(4)13-15(3)25-26/h6-9,13-14,19H,5,10-12H2,1-4H3,(H,23,28)(H,24,27). The average Bonchev–Trinajstić information content (AvgIpc) is 2.95. The van der Waals surface area contributed by atoms with Gasteiger partial charge in [-0.25, -0.2) is 0 Å². The first-order chi connectivity index (χ1) is 13.3. The minimum absolute atomic E-state index is 0.163. The molecule has 0 saturated heterocycles. The second-order valence-electron chi connectivity index (χ2n) is 7.46. The molecular formula is C21H29ClN4O2. The van der Waals surface area contributed by atoms with Crippen LogP contribution in [-0.4, -0.2) is 34.2 Å². The molecule has 152 valence electrons. The Morgan fingerprint density at radius 2 is 1.86 bits per heavy atom. The molecule has 1 atom stereocenters. The fraction of sp³-hybridized carbons (Fsp3) is 0.476. The number of hydrogen-bond donors (Lipinski definition) is 2. The molecule has 0 aliphatic rings. The van der Waals surface area contributed by atoms with Crippen LogP contribution in [0.2, 0.25) is 5.02 Å². The van der Waals surface area contributed by atoms with Crippen molar-refractivity contribution in [3.63, 3.8) is 0 Å². The van der Waals surface area contributed by atoms with Crippen LogP contribution in [0.15, 0.2) is 30.3 Å². The maximum absolute atomic E-state index is 12.6. The lowest BCUT2D eigenvalue weighted by Crippen LogP contribution is -2.47. The lowest BCUT2D eigenvalue weighted by Gasteiger charge is -2.20. The third-order valence-electron chi connectivity index (χ3n) is 4.38. The molecule has 0 radical (unpaired) electrons. The van der Waals surface area contributed by atoms with Crippen LogP contribution in [0.1, 0.15) is 48.4 Å². The summed E-state index contributed by atoms with van der Waals surface area (Å²) in [5.74, 6) is -0.166. The Morgan fingerprint density at radius 3 is 2.43 bits per heavy atom. The third kappa shape index (κ3) is 6.68. The number of nitrogens with one attached hydrogen (secondary N) is 2. The molecule has 0 bridgehead atoms. The molecule has 0 fully saturated rings. The number of halogens is 1.